The van der Waals surface area contributed by atoms with Crippen LogP contribution in [-0.4, -0.2) is 68.6 Å². The average molecular weight is 336 g/mol. The summed E-state index contributed by atoms with van der Waals surface area (Å²) in [6.45, 7) is 2.09. The third-order valence-electron chi connectivity index (χ3n) is 3.67. The second-order valence-electron chi connectivity index (χ2n) is 5.90. The Kier molecular flexibility index (Phi) is 5.58. The Bertz CT molecular complexity index is 560. The van der Waals surface area contributed by atoms with Crippen LogP contribution in [0, 0.1) is 0 Å². The molecule has 1 saturated heterocycles. The number of carbonyl (C=O) groups excluding carboxylic acids is 2. The van der Waals surface area contributed by atoms with E-state index in [0.29, 0.717) is 12.2 Å². The van der Waals surface area contributed by atoms with Gasteiger partial charge < -0.3 is 24.0 Å². The predicted octanol–water partition coefficient (Wildman–Crippen LogP) is 0.794. The Labute approximate surface area is 142 Å². The van der Waals surface area contributed by atoms with Gasteiger partial charge in [-0.15, -0.1) is 0 Å². The SMILES string of the molecule is CCOC1(c2ccccc2)O[C@@H](C(=O)N(C)C)[C@H](C(=O)N(C)C)O1. The van der Waals surface area contributed by atoms with Crippen molar-refractivity contribution in [2.45, 2.75) is 25.1 Å². The summed E-state index contributed by atoms with van der Waals surface area (Å²) in [5, 5.41) is 0. The van der Waals surface area contributed by atoms with Crippen molar-refractivity contribution in [1.29, 1.82) is 0 Å². The summed E-state index contributed by atoms with van der Waals surface area (Å²) in [7, 11) is 6.41. The Morgan fingerprint density at radius 3 is 1.83 bits per heavy atom. The first-order valence-electron chi connectivity index (χ1n) is 7.80. The van der Waals surface area contributed by atoms with E-state index < -0.39 is 18.2 Å². The smallest absolute Gasteiger partial charge is 0.313 e. The van der Waals surface area contributed by atoms with E-state index in [-0.39, 0.29) is 11.8 Å². The number of carbonyl (C=O) groups is 2. The first kappa shape index (κ1) is 18.4. The first-order chi connectivity index (χ1) is 11.3. The van der Waals surface area contributed by atoms with Crippen molar-refractivity contribution in [2.75, 3.05) is 34.8 Å². The molecule has 0 aliphatic carbocycles. The summed E-state index contributed by atoms with van der Waals surface area (Å²) < 4.78 is 17.5. The molecule has 1 aliphatic heterocycles. The van der Waals surface area contributed by atoms with Crippen molar-refractivity contribution in [3.8, 4) is 0 Å². The lowest BCUT2D eigenvalue weighted by atomic mass is 10.1. The highest BCUT2D eigenvalue weighted by Gasteiger charge is 2.56. The van der Waals surface area contributed by atoms with Gasteiger partial charge in [-0.2, -0.15) is 0 Å². The molecule has 1 fully saturated rings. The number of benzene rings is 1. The molecule has 132 valence electrons. The maximum absolute atomic E-state index is 12.5. The van der Waals surface area contributed by atoms with E-state index in [1.807, 2.05) is 18.2 Å². The maximum atomic E-state index is 12.5. The van der Waals surface area contributed by atoms with Crippen molar-refractivity contribution in [2.24, 2.45) is 0 Å². The van der Waals surface area contributed by atoms with E-state index in [2.05, 4.69) is 0 Å². The fourth-order valence-electron chi connectivity index (χ4n) is 2.47. The molecule has 1 aromatic carbocycles. The lowest BCUT2D eigenvalue weighted by Gasteiger charge is -2.27. The molecule has 24 heavy (non-hydrogen) atoms. The molecule has 0 saturated carbocycles. The third-order valence-corrected chi connectivity index (χ3v) is 3.67. The van der Waals surface area contributed by atoms with Crippen LogP contribution in [0.4, 0.5) is 0 Å². The fourth-order valence-corrected chi connectivity index (χ4v) is 2.47. The van der Waals surface area contributed by atoms with Crippen molar-refractivity contribution in [1.82, 2.24) is 9.80 Å². The van der Waals surface area contributed by atoms with Gasteiger partial charge in [-0.05, 0) is 6.92 Å². The number of ether oxygens (including phenoxy) is 3. The van der Waals surface area contributed by atoms with Crippen LogP contribution in [0.15, 0.2) is 30.3 Å². The van der Waals surface area contributed by atoms with E-state index in [1.54, 1.807) is 47.2 Å². The number of hydrogen-bond acceptors (Lipinski definition) is 5. The van der Waals surface area contributed by atoms with Gasteiger partial charge in [0.15, 0.2) is 12.2 Å². The molecule has 0 N–H and O–H groups in total. The van der Waals surface area contributed by atoms with E-state index >= 15 is 0 Å². The second-order valence-corrected chi connectivity index (χ2v) is 5.90. The highest BCUT2D eigenvalue weighted by molar-refractivity contribution is 5.91. The van der Waals surface area contributed by atoms with Crippen molar-refractivity contribution < 1.29 is 23.8 Å². The van der Waals surface area contributed by atoms with Gasteiger partial charge in [0.05, 0.1) is 0 Å². The zero-order valence-electron chi connectivity index (χ0n) is 14.7. The molecule has 2 atom stereocenters. The van der Waals surface area contributed by atoms with Gasteiger partial charge in [0.2, 0.25) is 0 Å². The number of likely N-dealkylation sites (N-methyl/N-ethyl adjacent to an activating group) is 2. The van der Waals surface area contributed by atoms with E-state index in [9.17, 15) is 9.59 Å². The first-order valence-corrected chi connectivity index (χ1v) is 7.80. The molecule has 0 aromatic heterocycles. The highest BCUT2D eigenvalue weighted by Crippen LogP contribution is 2.39. The zero-order chi connectivity index (χ0) is 17.9. The van der Waals surface area contributed by atoms with Crippen LogP contribution in [0.5, 0.6) is 0 Å². The lowest BCUT2D eigenvalue weighted by Crippen LogP contribution is -2.47. The monoisotopic (exact) mass is 336 g/mol. The van der Waals surface area contributed by atoms with E-state index in [4.69, 9.17) is 14.2 Å². The molecule has 0 radical (unpaired) electrons. The van der Waals surface area contributed by atoms with E-state index in [0.717, 1.165) is 0 Å². The van der Waals surface area contributed by atoms with Crippen LogP contribution in [-0.2, 0) is 29.8 Å². The highest BCUT2D eigenvalue weighted by atomic mass is 16.9. The van der Waals surface area contributed by atoms with Gasteiger partial charge in [0.25, 0.3) is 11.8 Å². The normalized spacial score (nSPS) is 22.2. The Morgan fingerprint density at radius 1 is 1.00 bits per heavy atom. The van der Waals surface area contributed by atoms with Gasteiger partial charge in [-0.25, -0.2) is 0 Å². The third kappa shape index (κ3) is 3.43. The minimum absolute atomic E-state index is 0.292. The largest absolute Gasteiger partial charge is 0.346 e. The van der Waals surface area contributed by atoms with Crippen molar-refractivity contribution >= 4 is 11.8 Å². The number of amides is 2. The summed E-state index contributed by atoms with van der Waals surface area (Å²) in [5.41, 5.74) is 0.595. The van der Waals surface area contributed by atoms with Gasteiger partial charge >= 0.3 is 5.97 Å². The Morgan fingerprint density at radius 2 is 1.46 bits per heavy atom. The minimum atomic E-state index is -1.58. The van der Waals surface area contributed by atoms with Crippen molar-refractivity contribution in [3.05, 3.63) is 35.9 Å². The second kappa shape index (κ2) is 7.29. The molecule has 0 bridgehead atoms. The summed E-state index contributed by atoms with van der Waals surface area (Å²) >= 11 is 0. The minimum Gasteiger partial charge on any atom is -0.346 e. The molecule has 2 amide bonds. The van der Waals surface area contributed by atoms with Crippen LogP contribution in [0.2, 0.25) is 0 Å². The fraction of sp³-hybridized carbons (Fsp3) is 0.529. The number of rotatable bonds is 5. The molecule has 1 heterocycles. The topological polar surface area (TPSA) is 68.3 Å². The maximum Gasteiger partial charge on any atom is 0.313 e. The molecular formula is C17H24N2O5. The van der Waals surface area contributed by atoms with Crippen LogP contribution in [0.25, 0.3) is 0 Å². The molecule has 7 nitrogen and oxygen atoms in total. The summed E-state index contributed by atoms with van der Waals surface area (Å²) in [6.07, 6.45) is -2.16. The Balaban J connectivity index is 2.44. The van der Waals surface area contributed by atoms with Gasteiger partial charge in [-0.1, -0.05) is 30.3 Å². The molecular weight excluding hydrogens is 312 g/mol. The molecule has 1 aromatic rings. The number of hydrogen-bond donors (Lipinski definition) is 0. The summed E-state index contributed by atoms with van der Waals surface area (Å²) in [4.78, 5) is 27.7. The number of nitrogens with zero attached hydrogens (tertiary/aromatic N) is 2. The quantitative estimate of drug-likeness (QED) is 0.795. The van der Waals surface area contributed by atoms with Gasteiger partial charge in [0.1, 0.15) is 0 Å². The predicted molar refractivity (Wildman–Crippen MR) is 86.9 cm³/mol. The van der Waals surface area contributed by atoms with Crippen LogP contribution >= 0.6 is 0 Å². The lowest BCUT2D eigenvalue weighted by molar-refractivity contribution is -0.350. The summed E-state index contributed by atoms with van der Waals surface area (Å²) in [5.74, 6) is -2.29. The summed E-state index contributed by atoms with van der Waals surface area (Å²) in [6, 6.07) is 9.02. The standard InChI is InChI=1S/C17H24N2O5/c1-6-22-17(12-10-8-7-9-11-12)23-13(15(20)18(2)3)14(24-17)16(21)19(4)5/h7-11,13-14H,6H2,1-5H3/t13-,14-/m1/s1. The van der Waals surface area contributed by atoms with E-state index in [1.165, 1.54) is 9.80 Å². The zero-order valence-corrected chi connectivity index (χ0v) is 14.7. The average Bonchev–Trinajstić information content (AvgIpc) is 2.95. The van der Waals surface area contributed by atoms with Crippen molar-refractivity contribution in [3.63, 3.8) is 0 Å². The van der Waals surface area contributed by atoms with Gasteiger partial charge in [0, 0.05) is 40.4 Å². The molecule has 1 aliphatic rings. The molecule has 7 heteroatoms. The Hall–Kier alpha value is -1.96. The molecule has 0 unspecified atom stereocenters. The van der Waals surface area contributed by atoms with Crippen LogP contribution < -0.4 is 0 Å². The molecule has 2 rings (SSSR count). The van der Waals surface area contributed by atoms with Crippen LogP contribution in [0.1, 0.15) is 12.5 Å². The van der Waals surface area contributed by atoms with Crippen LogP contribution in [0.3, 0.4) is 0 Å². The van der Waals surface area contributed by atoms with Gasteiger partial charge in [-0.3, -0.25) is 9.59 Å². The molecule has 0 spiro atoms.